The molecule has 0 saturated carbocycles. The van der Waals surface area contributed by atoms with Crippen molar-refractivity contribution in [3.05, 3.63) is 22.8 Å². The van der Waals surface area contributed by atoms with Gasteiger partial charge in [-0.2, -0.15) is 0 Å². The Morgan fingerprint density at radius 3 is 1.06 bits per heavy atom. The van der Waals surface area contributed by atoms with E-state index >= 15 is 0 Å². The molecule has 96 valence electrons. The first kappa shape index (κ1) is 11.1. The molecule has 0 radical (unpaired) electrons. The summed E-state index contributed by atoms with van der Waals surface area (Å²) in [4.78, 5) is 32.4. The Labute approximate surface area is 106 Å². The number of nitrogens with zero attached hydrogens (tertiary/aromatic N) is 4. The van der Waals surface area contributed by atoms with Gasteiger partial charge in [-0.15, -0.1) is 0 Å². The number of carbonyl (C=O) groups is 2. The highest BCUT2D eigenvalue weighted by Crippen LogP contribution is 2.36. The van der Waals surface area contributed by atoms with Gasteiger partial charge in [0.1, 0.15) is 22.8 Å². The molecular weight excluding hydrogens is 232 g/mol. The lowest BCUT2D eigenvalue weighted by Crippen LogP contribution is -2.31. The second-order valence-electron chi connectivity index (χ2n) is 5.13. The maximum Gasteiger partial charge on any atom is 0.229 e. The molecule has 0 atom stereocenters. The SMILES string of the molecule is CN1CN(C)C2=C1C(=O)C1=C(C2=O)N(C)CN1C. The van der Waals surface area contributed by atoms with Crippen molar-refractivity contribution in [3.8, 4) is 0 Å². The van der Waals surface area contributed by atoms with Crippen LogP contribution in [0.3, 0.4) is 0 Å². The Kier molecular flexibility index (Phi) is 2.03. The molecule has 3 aliphatic rings. The van der Waals surface area contributed by atoms with Crippen LogP contribution in [0.15, 0.2) is 22.8 Å². The van der Waals surface area contributed by atoms with Crippen molar-refractivity contribution in [1.82, 2.24) is 19.6 Å². The minimum atomic E-state index is -0.0432. The number of Topliss-reactive ketones (excluding diaryl/α,β-unsaturated/α-hetero) is 2. The summed E-state index contributed by atoms with van der Waals surface area (Å²) in [6.45, 7) is 1.16. The summed E-state index contributed by atoms with van der Waals surface area (Å²) in [6.07, 6.45) is 0. The molecule has 6 heteroatoms. The number of likely N-dealkylation sites (N-methyl/N-ethyl adjacent to an activating group) is 4. The van der Waals surface area contributed by atoms with Crippen molar-refractivity contribution < 1.29 is 9.59 Å². The Hall–Kier alpha value is -1.98. The first-order chi connectivity index (χ1) is 8.43. The molecule has 0 aromatic rings. The highest BCUT2D eigenvalue weighted by molar-refractivity contribution is 6.24. The van der Waals surface area contributed by atoms with Crippen LogP contribution >= 0.6 is 0 Å². The lowest BCUT2D eigenvalue weighted by molar-refractivity contribution is -0.118. The van der Waals surface area contributed by atoms with Crippen molar-refractivity contribution in [3.63, 3.8) is 0 Å². The number of rotatable bonds is 0. The van der Waals surface area contributed by atoms with Gasteiger partial charge in [-0.1, -0.05) is 0 Å². The summed E-state index contributed by atoms with van der Waals surface area (Å²) in [5, 5.41) is 0. The van der Waals surface area contributed by atoms with E-state index in [2.05, 4.69) is 0 Å². The molecule has 2 heterocycles. The monoisotopic (exact) mass is 248 g/mol. The van der Waals surface area contributed by atoms with Crippen molar-refractivity contribution in [1.29, 1.82) is 0 Å². The van der Waals surface area contributed by atoms with Crippen LogP contribution < -0.4 is 0 Å². The zero-order valence-electron chi connectivity index (χ0n) is 11.0. The van der Waals surface area contributed by atoms with Gasteiger partial charge >= 0.3 is 0 Å². The quantitative estimate of drug-likeness (QED) is 0.525. The summed E-state index contributed by atoms with van der Waals surface area (Å²) in [5.74, 6) is -0.0865. The smallest absolute Gasteiger partial charge is 0.229 e. The normalized spacial score (nSPS) is 23.6. The Balaban J connectivity index is 2.17. The van der Waals surface area contributed by atoms with E-state index in [1.807, 2.05) is 47.8 Å². The van der Waals surface area contributed by atoms with Crippen molar-refractivity contribution in [2.24, 2.45) is 0 Å². The fourth-order valence-electron chi connectivity index (χ4n) is 2.99. The van der Waals surface area contributed by atoms with Gasteiger partial charge in [-0.25, -0.2) is 0 Å². The summed E-state index contributed by atoms with van der Waals surface area (Å²) in [5.41, 5.74) is 2.12. The molecule has 0 spiro atoms. The fraction of sp³-hybridized carbons (Fsp3) is 0.500. The van der Waals surface area contributed by atoms with Crippen molar-refractivity contribution in [2.45, 2.75) is 0 Å². The van der Waals surface area contributed by atoms with Gasteiger partial charge in [0.05, 0.1) is 13.3 Å². The van der Waals surface area contributed by atoms with Crippen LogP contribution in [0.1, 0.15) is 0 Å². The zero-order chi connectivity index (χ0) is 13.2. The second kappa shape index (κ2) is 3.28. The van der Waals surface area contributed by atoms with Gasteiger partial charge < -0.3 is 19.6 Å². The van der Waals surface area contributed by atoms with Gasteiger partial charge in [0, 0.05) is 28.2 Å². The minimum Gasteiger partial charge on any atom is -0.352 e. The highest BCUT2D eigenvalue weighted by atomic mass is 16.1. The summed E-state index contributed by atoms with van der Waals surface area (Å²) >= 11 is 0. The second-order valence-corrected chi connectivity index (χ2v) is 5.13. The predicted molar refractivity (Wildman–Crippen MR) is 64.9 cm³/mol. The Bertz CT molecular complexity index is 446. The van der Waals surface area contributed by atoms with Gasteiger partial charge in [0.2, 0.25) is 11.6 Å². The molecule has 0 bridgehead atoms. The average Bonchev–Trinajstić information content (AvgIpc) is 2.73. The van der Waals surface area contributed by atoms with E-state index < -0.39 is 0 Å². The molecule has 0 aromatic carbocycles. The minimum absolute atomic E-state index is 0.0432. The molecule has 3 rings (SSSR count). The van der Waals surface area contributed by atoms with E-state index in [4.69, 9.17) is 0 Å². The van der Waals surface area contributed by atoms with E-state index in [-0.39, 0.29) is 11.6 Å². The van der Waals surface area contributed by atoms with E-state index in [1.165, 1.54) is 0 Å². The van der Waals surface area contributed by atoms with E-state index in [0.29, 0.717) is 36.1 Å². The predicted octanol–water partition coefficient (Wildman–Crippen LogP) is -0.769. The third-order valence-corrected chi connectivity index (χ3v) is 3.68. The van der Waals surface area contributed by atoms with Gasteiger partial charge in [0.25, 0.3) is 0 Å². The fourth-order valence-corrected chi connectivity index (χ4v) is 2.99. The lowest BCUT2D eigenvalue weighted by Gasteiger charge is -2.21. The molecule has 0 unspecified atom stereocenters. The van der Waals surface area contributed by atoms with Crippen LogP contribution in [0.25, 0.3) is 0 Å². The molecule has 2 aliphatic heterocycles. The Morgan fingerprint density at radius 1 is 0.611 bits per heavy atom. The average molecular weight is 248 g/mol. The van der Waals surface area contributed by atoms with E-state index in [0.717, 1.165) is 0 Å². The van der Waals surface area contributed by atoms with E-state index in [9.17, 15) is 9.59 Å². The van der Waals surface area contributed by atoms with Gasteiger partial charge in [-0.3, -0.25) is 9.59 Å². The molecule has 1 aliphatic carbocycles. The first-order valence-corrected chi connectivity index (χ1v) is 5.86. The molecule has 18 heavy (non-hydrogen) atoms. The summed E-state index contributed by atoms with van der Waals surface area (Å²) in [7, 11) is 7.37. The van der Waals surface area contributed by atoms with Crippen LogP contribution in [-0.2, 0) is 9.59 Å². The van der Waals surface area contributed by atoms with Crippen LogP contribution in [-0.4, -0.2) is 72.7 Å². The van der Waals surface area contributed by atoms with Gasteiger partial charge in [-0.05, 0) is 0 Å². The standard InChI is InChI=1S/C12H16N4O2/c1-13-5-14(2)8-7(13)11(17)9-10(12(8)18)16(4)6-15(9)3/h5-6H2,1-4H3. The largest absolute Gasteiger partial charge is 0.352 e. The molecule has 0 fully saturated rings. The third kappa shape index (κ3) is 1.12. The topological polar surface area (TPSA) is 47.1 Å². The zero-order valence-corrected chi connectivity index (χ0v) is 11.0. The Morgan fingerprint density at radius 2 is 0.833 bits per heavy atom. The molecule has 0 N–H and O–H groups in total. The van der Waals surface area contributed by atoms with Crippen LogP contribution in [0.5, 0.6) is 0 Å². The van der Waals surface area contributed by atoms with Crippen molar-refractivity contribution in [2.75, 3.05) is 41.5 Å². The van der Waals surface area contributed by atoms with Gasteiger partial charge in [0.15, 0.2) is 0 Å². The maximum atomic E-state index is 12.5. The maximum absolute atomic E-state index is 12.5. The van der Waals surface area contributed by atoms with Crippen LogP contribution in [0, 0.1) is 0 Å². The molecular formula is C12H16N4O2. The third-order valence-electron chi connectivity index (χ3n) is 3.68. The highest BCUT2D eigenvalue weighted by Gasteiger charge is 2.46. The van der Waals surface area contributed by atoms with Crippen LogP contribution in [0.4, 0.5) is 0 Å². The first-order valence-electron chi connectivity index (χ1n) is 5.86. The number of hydrogen-bond acceptors (Lipinski definition) is 6. The number of carbonyl (C=O) groups excluding carboxylic acids is 2. The number of ketones is 2. The summed E-state index contributed by atoms with van der Waals surface area (Å²) < 4.78 is 0. The molecule has 0 aromatic heterocycles. The van der Waals surface area contributed by atoms with Crippen LogP contribution in [0.2, 0.25) is 0 Å². The van der Waals surface area contributed by atoms with E-state index in [1.54, 1.807) is 0 Å². The summed E-state index contributed by atoms with van der Waals surface area (Å²) in [6, 6.07) is 0. The lowest BCUT2D eigenvalue weighted by atomic mass is 9.99. The molecule has 0 saturated heterocycles. The molecule has 6 nitrogen and oxygen atoms in total. The van der Waals surface area contributed by atoms with Crippen molar-refractivity contribution >= 4 is 11.6 Å². The molecule has 0 amide bonds. The number of hydrogen-bond donors (Lipinski definition) is 0.